The molecular weight excluding hydrogens is 342 g/mol. The maximum absolute atomic E-state index is 11.8. The third-order valence-corrected chi connectivity index (χ3v) is 4.82. The third-order valence-electron chi connectivity index (χ3n) is 3.49. The number of thiocarbonyl (C=S) groups is 1. The van der Waals surface area contributed by atoms with Crippen LogP contribution in [0.15, 0.2) is 42.1 Å². The van der Waals surface area contributed by atoms with E-state index in [0.717, 1.165) is 20.9 Å². The predicted molar refractivity (Wildman–Crippen MR) is 98.6 cm³/mol. The molecular formula is C18H15NO3S2. The summed E-state index contributed by atoms with van der Waals surface area (Å²) in [6.45, 7) is 1.68. The van der Waals surface area contributed by atoms with Gasteiger partial charge in [0.05, 0.1) is 17.1 Å². The number of ketones is 1. The van der Waals surface area contributed by atoms with Crippen molar-refractivity contribution in [3.05, 3.63) is 52.5 Å². The van der Waals surface area contributed by atoms with Crippen LogP contribution in [-0.4, -0.2) is 16.7 Å². The maximum atomic E-state index is 11.8. The van der Waals surface area contributed by atoms with E-state index in [-0.39, 0.29) is 18.4 Å². The van der Waals surface area contributed by atoms with Gasteiger partial charge in [0.25, 0.3) is 0 Å². The molecule has 0 spiro atoms. The highest BCUT2D eigenvalue weighted by Crippen LogP contribution is 2.30. The molecule has 4 nitrogen and oxygen atoms in total. The standard InChI is InChI=1S/C18H15NO3S2/c1-11(20)22-10-12-2-4-13(5-3-12)17-7-6-14(24-17)8-15-16(21)9-18(23)19-15/h2-8H,9-10H2,1H3,(H,19,23)/b15-8+. The third kappa shape index (κ3) is 3.96. The molecule has 3 rings (SSSR count). The number of benzene rings is 1. The van der Waals surface area contributed by atoms with E-state index in [1.165, 1.54) is 6.92 Å². The number of hydrogen-bond acceptors (Lipinski definition) is 5. The predicted octanol–water partition coefficient (Wildman–Crippen LogP) is 3.71. The van der Waals surface area contributed by atoms with E-state index in [1.54, 1.807) is 11.3 Å². The van der Waals surface area contributed by atoms with Gasteiger partial charge in [-0.1, -0.05) is 36.5 Å². The zero-order chi connectivity index (χ0) is 17.1. The molecule has 0 saturated carbocycles. The molecule has 2 heterocycles. The molecule has 1 saturated heterocycles. The number of rotatable bonds is 4. The van der Waals surface area contributed by atoms with E-state index in [2.05, 4.69) is 5.32 Å². The van der Waals surface area contributed by atoms with Gasteiger partial charge in [0, 0.05) is 16.7 Å². The Kier molecular flexibility index (Phi) is 4.87. The molecule has 0 bridgehead atoms. The second kappa shape index (κ2) is 7.07. The summed E-state index contributed by atoms with van der Waals surface area (Å²) in [5.74, 6) is -0.255. The van der Waals surface area contributed by atoms with E-state index in [9.17, 15) is 9.59 Å². The average Bonchev–Trinajstić information content (AvgIpc) is 3.13. The SMILES string of the molecule is CC(=O)OCc1ccc(-c2ccc(/C=C3/NC(=S)CC3=O)s2)cc1. The van der Waals surface area contributed by atoms with Crippen LogP contribution < -0.4 is 5.32 Å². The zero-order valence-corrected chi connectivity index (χ0v) is 14.6. The fourth-order valence-electron chi connectivity index (χ4n) is 2.30. The molecule has 1 fully saturated rings. The van der Waals surface area contributed by atoms with E-state index in [0.29, 0.717) is 17.1 Å². The van der Waals surface area contributed by atoms with Crippen LogP contribution in [0.5, 0.6) is 0 Å². The van der Waals surface area contributed by atoms with Gasteiger partial charge < -0.3 is 10.1 Å². The largest absolute Gasteiger partial charge is 0.461 e. The summed E-state index contributed by atoms with van der Waals surface area (Å²) in [6, 6.07) is 11.9. The van der Waals surface area contributed by atoms with Gasteiger partial charge in [-0.25, -0.2) is 0 Å². The van der Waals surface area contributed by atoms with Gasteiger partial charge in [-0.15, -0.1) is 11.3 Å². The molecule has 0 unspecified atom stereocenters. The van der Waals surface area contributed by atoms with Crippen LogP contribution in [0.25, 0.3) is 16.5 Å². The van der Waals surface area contributed by atoms with E-state index in [4.69, 9.17) is 17.0 Å². The summed E-state index contributed by atoms with van der Waals surface area (Å²) >= 11 is 6.62. The van der Waals surface area contributed by atoms with Crippen LogP contribution >= 0.6 is 23.6 Å². The average molecular weight is 357 g/mol. The first-order chi connectivity index (χ1) is 11.5. The molecule has 0 amide bonds. The van der Waals surface area contributed by atoms with Crippen LogP contribution in [0.2, 0.25) is 0 Å². The molecule has 0 aliphatic carbocycles. The number of carbonyl (C=O) groups is 2. The molecule has 1 aliphatic heterocycles. The molecule has 24 heavy (non-hydrogen) atoms. The Morgan fingerprint density at radius 1 is 1.29 bits per heavy atom. The Balaban J connectivity index is 1.73. The van der Waals surface area contributed by atoms with Gasteiger partial charge in [0.1, 0.15) is 6.61 Å². The van der Waals surface area contributed by atoms with E-state index >= 15 is 0 Å². The lowest BCUT2D eigenvalue weighted by molar-refractivity contribution is -0.142. The lowest BCUT2D eigenvalue weighted by atomic mass is 10.1. The van der Waals surface area contributed by atoms with Gasteiger partial charge in [0.2, 0.25) is 0 Å². The summed E-state index contributed by atoms with van der Waals surface area (Å²) < 4.78 is 4.98. The maximum Gasteiger partial charge on any atom is 0.302 e. The first-order valence-corrected chi connectivity index (χ1v) is 8.61. The van der Waals surface area contributed by atoms with E-state index < -0.39 is 0 Å². The normalized spacial score (nSPS) is 15.6. The topological polar surface area (TPSA) is 55.4 Å². The lowest BCUT2D eigenvalue weighted by Crippen LogP contribution is -2.10. The number of Topliss-reactive ketones (excluding diaryl/α,β-unsaturated/α-hetero) is 1. The Hall–Kier alpha value is -2.31. The number of esters is 1. The molecule has 122 valence electrons. The first kappa shape index (κ1) is 16.5. The molecule has 1 aliphatic rings. The van der Waals surface area contributed by atoms with Crippen molar-refractivity contribution in [3.8, 4) is 10.4 Å². The summed E-state index contributed by atoms with van der Waals surface area (Å²) in [7, 11) is 0. The van der Waals surface area contributed by atoms with Crippen molar-refractivity contribution < 1.29 is 14.3 Å². The van der Waals surface area contributed by atoms with Crippen LogP contribution in [0, 0.1) is 0 Å². The second-order valence-corrected chi connectivity index (χ2v) is 6.99. The smallest absolute Gasteiger partial charge is 0.302 e. The molecule has 1 N–H and O–H groups in total. The second-order valence-electron chi connectivity index (χ2n) is 5.39. The quantitative estimate of drug-likeness (QED) is 0.514. The summed E-state index contributed by atoms with van der Waals surface area (Å²) in [6.07, 6.45) is 2.13. The van der Waals surface area contributed by atoms with Crippen LogP contribution in [-0.2, 0) is 20.9 Å². The van der Waals surface area contributed by atoms with Gasteiger partial charge in [0.15, 0.2) is 5.78 Å². The monoisotopic (exact) mass is 357 g/mol. The molecule has 0 atom stereocenters. The first-order valence-electron chi connectivity index (χ1n) is 7.38. The molecule has 0 radical (unpaired) electrons. The summed E-state index contributed by atoms with van der Waals surface area (Å²) in [5, 5.41) is 2.94. The minimum Gasteiger partial charge on any atom is -0.461 e. The van der Waals surface area contributed by atoms with Gasteiger partial charge >= 0.3 is 5.97 Å². The van der Waals surface area contributed by atoms with Crippen LogP contribution in [0.4, 0.5) is 0 Å². The van der Waals surface area contributed by atoms with Crippen LogP contribution in [0.3, 0.4) is 0 Å². The van der Waals surface area contributed by atoms with Crippen molar-refractivity contribution in [3.63, 3.8) is 0 Å². The van der Waals surface area contributed by atoms with Gasteiger partial charge in [-0.05, 0) is 29.3 Å². The molecule has 1 aromatic heterocycles. The van der Waals surface area contributed by atoms with Gasteiger partial charge in [-0.2, -0.15) is 0 Å². The Bertz CT molecular complexity index is 834. The van der Waals surface area contributed by atoms with Crippen molar-refractivity contribution in [2.75, 3.05) is 0 Å². The Morgan fingerprint density at radius 3 is 2.67 bits per heavy atom. The van der Waals surface area contributed by atoms with Crippen molar-refractivity contribution in [2.24, 2.45) is 0 Å². The Morgan fingerprint density at radius 2 is 2.04 bits per heavy atom. The van der Waals surface area contributed by atoms with Crippen molar-refractivity contribution in [1.82, 2.24) is 5.32 Å². The van der Waals surface area contributed by atoms with Gasteiger partial charge in [-0.3, -0.25) is 9.59 Å². The highest BCUT2D eigenvalue weighted by molar-refractivity contribution is 7.80. The number of allylic oxidation sites excluding steroid dienone is 1. The van der Waals surface area contributed by atoms with Crippen molar-refractivity contribution in [1.29, 1.82) is 0 Å². The lowest BCUT2D eigenvalue weighted by Gasteiger charge is -2.03. The number of hydrogen-bond donors (Lipinski definition) is 1. The Labute approximate surface area is 149 Å². The van der Waals surface area contributed by atoms with Crippen LogP contribution in [0.1, 0.15) is 23.8 Å². The molecule has 1 aromatic carbocycles. The number of carbonyl (C=O) groups excluding carboxylic acids is 2. The number of ether oxygens (including phenoxy) is 1. The minimum atomic E-state index is -0.287. The van der Waals surface area contributed by atoms with Crippen molar-refractivity contribution >= 4 is 46.4 Å². The van der Waals surface area contributed by atoms with Crippen molar-refractivity contribution in [2.45, 2.75) is 20.0 Å². The highest BCUT2D eigenvalue weighted by Gasteiger charge is 2.21. The zero-order valence-electron chi connectivity index (χ0n) is 13.0. The number of thiophene rings is 1. The molecule has 6 heteroatoms. The fraction of sp³-hybridized carbons (Fsp3) is 0.167. The number of nitrogens with one attached hydrogen (secondary N) is 1. The summed E-state index contributed by atoms with van der Waals surface area (Å²) in [4.78, 5) is 25.3. The molecule has 2 aromatic rings. The minimum absolute atomic E-state index is 0.0322. The summed E-state index contributed by atoms with van der Waals surface area (Å²) in [5.41, 5.74) is 2.59. The highest BCUT2D eigenvalue weighted by atomic mass is 32.1. The fourth-order valence-corrected chi connectivity index (χ4v) is 3.50. The van der Waals surface area contributed by atoms with E-state index in [1.807, 2.05) is 42.5 Å².